The van der Waals surface area contributed by atoms with Gasteiger partial charge in [0.1, 0.15) is 18.1 Å². The van der Waals surface area contributed by atoms with Crippen molar-refractivity contribution in [3.05, 3.63) is 35.9 Å². The second-order valence-electron chi connectivity index (χ2n) is 8.98. The lowest BCUT2D eigenvalue weighted by Gasteiger charge is -2.25. The first-order valence-corrected chi connectivity index (χ1v) is 14.0. The Morgan fingerprint density at radius 3 is 2.00 bits per heavy atom. The highest BCUT2D eigenvalue weighted by molar-refractivity contribution is 7.98. The molecule has 0 bridgehead atoms. The van der Waals surface area contributed by atoms with Gasteiger partial charge in [0.05, 0.1) is 6.04 Å². The molecule has 11 N–H and O–H groups in total. The number of carboxylic acids is 2. The van der Waals surface area contributed by atoms with Gasteiger partial charge in [-0.15, -0.1) is 0 Å². The molecule has 0 aliphatic carbocycles. The highest BCUT2D eigenvalue weighted by Gasteiger charge is 2.30. The lowest BCUT2D eigenvalue weighted by atomic mass is 10.0. The maximum Gasteiger partial charge on any atom is 0.326 e. The van der Waals surface area contributed by atoms with E-state index in [1.54, 1.807) is 36.6 Å². The first-order valence-electron chi connectivity index (χ1n) is 12.6. The van der Waals surface area contributed by atoms with E-state index in [1.165, 1.54) is 11.8 Å². The van der Waals surface area contributed by atoms with E-state index in [1.807, 2.05) is 0 Å². The summed E-state index contributed by atoms with van der Waals surface area (Å²) in [6.45, 7) is 0.250. The monoisotopic (exact) mass is 581 g/mol. The fourth-order valence-electron chi connectivity index (χ4n) is 3.56. The number of nitrogens with one attached hydrogen (secondary N) is 3. The van der Waals surface area contributed by atoms with Crippen molar-refractivity contribution in [3.8, 4) is 0 Å². The number of carbonyl (C=O) groups excluding carboxylic acids is 3. The maximum atomic E-state index is 13.1. The Morgan fingerprint density at radius 2 is 1.45 bits per heavy atom. The summed E-state index contributed by atoms with van der Waals surface area (Å²) in [6.07, 6.45) is 1.91. The van der Waals surface area contributed by atoms with Gasteiger partial charge in [-0.25, -0.2) is 4.79 Å². The van der Waals surface area contributed by atoms with Crippen molar-refractivity contribution in [3.63, 3.8) is 0 Å². The first kappa shape index (κ1) is 34.2. The van der Waals surface area contributed by atoms with Gasteiger partial charge in [-0.05, 0) is 43.3 Å². The molecule has 40 heavy (non-hydrogen) atoms. The zero-order valence-electron chi connectivity index (χ0n) is 22.4. The summed E-state index contributed by atoms with van der Waals surface area (Å²) in [6, 6.07) is 4.06. The number of hydrogen-bond donors (Lipinski definition) is 8. The van der Waals surface area contributed by atoms with E-state index in [2.05, 4.69) is 20.9 Å². The van der Waals surface area contributed by atoms with E-state index in [9.17, 15) is 29.1 Å². The van der Waals surface area contributed by atoms with E-state index in [4.69, 9.17) is 22.3 Å². The van der Waals surface area contributed by atoms with Crippen molar-refractivity contribution in [2.45, 2.75) is 62.7 Å². The maximum absolute atomic E-state index is 13.1. The summed E-state index contributed by atoms with van der Waals surface area (Å²) in [7, 11) is 0. The second kappa shape index (κ2) is 18.4. The van der Waals surface area contributed by atoms with Crippen molar-refractivity contribution in [2.24, 2.45) is 22.2 Å². The third-order valence-corrected chi connectivity index (χ3v) is 6.37. The number of aliphatic carboxylic acids is 2. The Labute approximate surface area is 236 Å². The van der Waals surface area contributed by atoms with Crippen LogP contribution < -0.4 is 33.2 Å². The van der Waals surface area contributed by atoms with Crippen LogP contribution in [0.25, 0.3) is 0 Å². The Hall–Kier alpha value is -3.85. The minimum absolute atomic E-state index is 0.0312. The van der Waals surface area contributed by atoms with Gasteiger partial charge in [-0.1, -0.05) is 30.3 Å². The number of carbonyl (C=O) groups is 5. The molecule has 0 saturated heterocycles. The SMILES string of the molecule is CSCCC(NC(=O)C(CCC(=O)O)NC(=O)C(N)CCCN=C(N)N)C(=O)NC(Cc1ccccc1)C(=O)O. The minimum atomic E-state index is -1.29. The van der Waals surface area contributed by atoms with Crippen LogP contribution in [-0.4, -0.2) is 88.6 Å². The summed E-state index contributed by atoms with van der Waals surface area (Å²) in [5, 5.41) is 26.2. The Bertz CT molecular complexity index is 1020. The number of amides is 3. The largest absolute Gasteiger partial charge is 0.481 e. The highest BCUT2D eigenvalue weighted by Crippen LogP contribution is 2.08. The van der Waals surface area contributed by atoms with E-state index in [-0.39, 0.29) is 38.2 Å². The van der Waals surface area contributed by atoms with Crippen LogP contribution in [0.1, 0.15) is 37.7 Å². The average Bonchev–Trinajstić information content (AvgIpc) is 2.90. The molecule has 1 aromatic rings. The molecule has 1 rings (SSSR count). The van der Waals surface area contributed by atoms with E-state index in [0.717, 1.165) is 0 Å². The summed E-state index contributed by atoms with van der Waals surface area (Å²) in [5.41, 5.74) is 17.1. The lowest BCUT2D eigenvalue weighted by Crippen LogP contribution is -2.57. The summed E-state index contributed by atoms with van der Waals surface area (Å²) >= 11 is 1.41. The lowest BCUT2D eigenvalue weighted by molar-refractivity contribution is -0.142. The fraction of sp³-hybridized carbons (Fsp3) is 0.520. The molecule has 0 aromatic heterocycles. The predicted molar refractivity (Wildman–Crippen MR) is 151 cm³/mol. The molecule has 4 atom stereocenters. The van der Waals surface area contributed by atoms with Gasteiger partial charge in [0, 0.05) is 19.4 Å². The number of rotatable bonds is 19. The van der Waals surface area contributed by atoms with Crippen LogP contribution in [-0.2, 0) is 30.4 Å². The Kier molecular flexibility index (Phi) is 15.8. The van der Waals surface area contributed by atoms with Crippen LogP contribution in [0.5, 0.6) is 0 Å². The molecule has 0 aliphatic rings. The second-order valence-corrected chi connectivity index (χ2v) is 9.97. The van der Waals surface area contributed by atoms with E-state index < -0.39 is 60.2 Å². The quantitative estimate of drug-likeness (QED) is 0.0545. The molecular formula is C25H39N7O7S. The summed E-state index contributed by atoms with van der Waals surface area (Å²) in [4.78, 5) is 65.6. The number of aliphatic imine (C=N–C) groups is 1. The zero-order chi connectivity index (χ0) is 30.1. The van der Waals surface area contributed by atoms with Gasteiger partial charge >= 0.3 is 11.9 Å². The molecule has 0 fully saturated rings. The molecule has 15 heteroatoms. The van der Waals surface area contributed by atoms with E-state index in [0.29, 0.717) is 17.7 Å². The van der Waals surface area contributed by atoms with Crippen LogP contribution in [0, 0.1) is 0 Å². The molecule has 0 spiro atoms. The number of benzene rings is 1. The Balaban J connectivity index is 2.95. The van der Waals surface area contributed by atoms with Crippen molar-refractivity contribution in [1.29, 1.82) is 0 Å². The van der Waals surface area contributed by atoms with E-state index >= 15 is 0 Å². The van der Waals surface area contributed by atoms with Gasteiger partial charge in [0.15, 0.2) is 5.96 Å². The summed E-state index contributed by atoms with van der Waals surface area (Å²) in [5.74, 6) is -4.26. The van der Waals surface area contributed by atoms with Crippen LogP contribution in [0.2, 0.25) is 0 Å². The highest BCUT2D eigenvalue weighted by atomic mass is 32.2. The molecule has 14 nitrogen and oxygen atoms in total. The number of nitrogens with two attached hydrogens (primary N) is 3. The molecule has 4 unspecified atom stereocenters. The molecule has 0 heterocycles. The third kappa shape index (κ3) is 13.8. The molecule has 222 valence electrons. The van der Waals surface area contributed by atoms with Crippen LogP contribution >= 0.6 is 11.8 Å². The number of guanidine groups is 1. The van der Waals surface area contributed by atoms with Crippen LogP contribution in [0.4, 0.5) is 0 Å². The third-order valence-electron chi connectivity index (χ3n) is 5.73. The molecule has 0 radical (unpaired) electrons. The van der Waals surface area contributed by atoms with Crippen LogP contribution in [0.3, 0.4) is 0 Å². The van der Waals surface area contributed by atoms with Gasteiger partial charge in [0.2, 0.25) is 17.7 Å². The smallest absolute Gasteiger partial charge is 0.326 e. The molecule has 1 aromatic carbocycles. The number of carboxylic acid groups (broad SMARTS) is 2. The van der Waals surface area contributed by atoms with Crippen molar-refractivity contribution >= 4 is 47.4 Å². The van der Waals surface area contributed by atoms with Crippen molar-refractivity contribution in [2.75, 3.05) is 18.6 Å². The Morgan fingerprint density at radius 1 is 0.875 bits per heavy atom. The fourth-order valence-corrected chi connectivity index (χ4v) is 4.04. The summed E-state index contributed by atoms with van der Waals surface area (Å²) < 4.78 is 0. The normalized spacial score (nSPS) is 13.7. The van der Waals surface area contributed by atoms with Gasteiger partial charge in [-0.2, -0.15) is 11.8 Å². The minimum Gasteiger partial charge on any atom is -0.481 e. The molecular weight excluding hydrogens is 542 g/mol. The number of thioether (sulfide) groups is 1. The first-order chi connectivity index (χ1) is 18.9. The molecule has 0 saturated carbocycles. The zero-order valence-corrected chi connectivity index (χ0v) is 23.2. The standard InChI is InChI=1S/C25H39N7O7S/c1-40-13-11-18(23(37)32-19(24(38)39)14-15-6-3-2-4-7-15)31-22(36)17(9-10-20(33)34)30-21(35)16(26)8-5-12-29-25(27)28/h2-4,6-7,16-19H,5,8-14,26H2,1H3,(H,30,35)(H,31,36)(H,32,37)(H,33,34)(H,38,39)(H4,27,28,29). The topological polar surface area (TPSA) is 252 Å². The number of hydrogen-bond acceptors (Lipinski definition) is 8. The predicted octanol–water partition coefficient (Wildman–Crippen LogP) is -1.23. The van der Waals surface area contributed by atoms with Crippen molar-refractivity contribution < 1.29 is 34.2 Å². The molecule has 0 aliphatic heterocycles. The van der Waals surface area contributed by atoms with Gasteiger partial charge in [0.25, 0.3) is 0 Å². The average molecular weight is 582 g/mol. The number of nitrogens with zero attached hydrogens (tertiary/aromatic N) is 1. The van der Waals surface area contributed by atoms with Gasteiger partial charge < -0.3 is 43.4 Å². The van der Waals surface area contributed by atoms with Gasteiger partial charge in [-0.3, -0.25) is 24.2 Å². The van der Waals surface area contributed by atoms with Crippen LogP contribution in [0.15, 0.2) is 35.3 Å². The van der Waals surface area contributed by atoms with Crippen molar-refractivity contribution in [1.82, 2.24) is 16.0 Å². The molecule has 3 amide bonds.